The van der Waals surface area contributed by atoms with Gasteiger partial charge in [0, 0.05) is 17.8 Å². The lowest BCUT2D eigenvalue weighted by atomic mass is 10.2. The average Bonchev–Trinajstić information content (AvgIpc) is 2.27. The first-order valence-corrected chi connectivity index (χ1v) is 6.53. The van der Waals surface area contributed by atoms with E-state index >= 15 is 0 Å². The molecule has 1 atom stereocenters. The Kier molecular flexibility index (Phi) is 4.08. The van der Waals surface area contributed by atoms with Gasteiger partial charge in [-0.05, 0) is 25.1 Å². The molecule has 0 saturated carbocycles. The molecule has 0 aliphatic heterocycles. The van der Waals surface area contributed by atoms with Gasteiger partial charge in [0.15, 0.2) is 0 Å². The van der Waals surface area contributed by atoms with Crippen LogP contribution in [0.4, 0.5) is 5.69 Å². The monoisotopic (exact) mass is 257 g/mol. The summed E-state index contributed by atoms with van der Waals surface area (Å²) in [4.78, 5) is 10.9. The van der Waals surface area contributed by atoms with Gasteiger partial charge in [0.2, 0.25) is 15.9 Å². The summed E-state index contributed by atoms with van der Waals surface area (Å²) < 4.78 is 25.8. The van der Waals surface area contributed by atoms with Crippen molar-refractivity contribution in [1.29, 1.82) is 0 Å². The van der Waals surface area contributed by atoms with E-state index in [-0.39, 0.29) is 12.1 Å². The summed E-state index contributed by atoms with van der Waals surface area (Å²) in [5, 5.41) is -0.709. The van der Waals surface area contributed by atoms with Crippen LogP contribution in [0.25, 0.3) is 0 Å². The van der Waals surface area contributed by atoms with Gasteiger partial charge in [-0.2, -0.15) is 0 Å². The van der Waals surface area contributed by atoms with Crippen LogP contribution in [0.5, 0.6) is 0 Å². The third-order valence-electron chi connectivity index (χ3n) is 2.27. The zero-order valence-electron chi connectivity index (χ0n) is 9.38. The second-order valence-electron chi connectivity index (χ2n) is 3.64. The summed E-state index contributed by atoms with van der Waals surface area (Å²) in [6.07, 6.45) is 0. The quantitative estimate of drug-likeness (QED) is 0.681. The molecule has 1 unspecified atom stereocenters. The molecule has 0 fully saturated rings. The minimum Gasteiger partial charge on any atom is -0.366 e. The van der Waals surface area contributed by atoms with Crippen molar-refractivity contribution in [1.82, 2.24) is 0 Å². The molecule has 0 radical (unpaired) electrons. The smallest absolute Gasteiger partial charge is 0.248 e. The summed E-state index contributed by atoms with van der Waals surface area (Å²) >= 11 is 0. The van der Waals surface area contributed by atoms with Crippen molar-refractivity contribution < 1.29 is 13.2 Å². The summed E-state index contributed by atoms with van der Waals surface area (Å²) in [6.45, 7) is 1.52. The van der Waals surface area contributed by atoms with Crippen LogP contribution in [0.1, 0.15) is 17.3 Å². The van der Waals surface area contributed by atoms with Gasteiger partial charge in [0.05, 0.1) is 5.25 Å². The molecule has 0 heterocycles. The summed E-state index contributed by atoms with van der Waals surface area (Å²) in [5.74, 6) is -0.613. The summed E-state index contributed by atoms with van der Waals surface area (Å²) in [5.41, 5.74) is 10.9. The highest BCUT2D eigenvalue weighted by molar-refractivity contribution is 7.93. The normalized spacial score (nSPS) is 13.1. The van der Waals surface area contributed by atoms with E-state index in [1.165, 1.54) is 25.1 Å². The Balaban J connectivity index is 2.96. The van der Waals surface area contributed by atoms with Crippen molar-refractivity contribution in [2.45, 2.75) is 12.2 Å². The van der Waals surface area contributed by atoms with Crippen LogP contribution in [0.15, 0.2) is 24.3 Å². The van der Waals surface area contributed by atoms with Gasteiger partial charge in [-0.15, -0.1) is 0 Å². The topological polar surface area (TPSA) is 115 Å². The molecule has 1 rings (SSSR count). The van der Waals surface area contributed by atoms with E-state index in [4.69, 9.17) is 11.5 Å². The number of benzene rings is 1. The van der Waals surface area contributed by atoms with E-state index in [1.807, 2.05) is 0 Å². The van der Waals surface area contributed by atoms with Crippen LogP contribution in [0, 0.1) is 0 Å². The maximum absolute atomic E-state index is 11.7. The summed E-state index contributed by atoms with van der Waals surface area (Å²) in [7, 11) is -3.53. The molecular weight excluding hydrogens is 242 g/mol. The van der Waals surface area contributed by atoms with Crippen LogP contribution >= 0.6 is 0 Å². The number of amides is 1. The second kappa shape index (κ2) is 5.15. The van der Waals surface area contributed by atoms with E-state index < -0.39 is 21.2 Å². The molecular formula is C10H15N3O3S. The maximum atomic E-state index is 11.7. The highest BCUT2D eigenvalue weighted by Gasteiger charge is 2.19. The first-order valence-electron chi connectivity index (χ1n) is 4.98. The Morgan fingerprint density at radius 3 is 2.65 bits per heavy atom. The molecule has 5 N–H and O–H groups in total. The van der Waals surface area contributed by atoms with E-state index in [1.54, 1.807) is 6.07 Å². The molecule has 1 amide bonds. The summed E-state index contributed by atoms with van der Waals surface area (Å²) in [6, 6.07) is 5.97. The minimum atomic E-state index is -3.53. The number of primary amides is 1. The van der Waals surface area contributed by atoms with Crippen LogP contribution in [-0.4, -0.2) is 26.1 Å². The van der Waals surface area contributed by atoms with Gasteiger partial charge in [-0.25, -0.2) is 8.42 Å². The van der Waals surface area contributed by atoms with Gasteiger partial charge < -0.3 is 11.5 Å². The largest absolute Gasteiger partial charge is 0.366 e. The molecule has 1 aromatic rings. The SMILES string of the molecule is CC(CN)S(=O)(=O)Nc1cccc(C(N)=O)c1. The number of carbonyl (C=O) groups is 1. The van der Waals surface area contributed by atoms with Gasteiger partial charge in [-0.1, -0.05) is 6.07 Å². The van der Waals surface area contributed by atoms with E-state index in [9.17, 15) is 13.2 Å². The predicted molar refractivity (Wildman–Crippen MR) is 66.0 cm³/mol. The fraction of sp³-hybridized carbons (Fsp3) is 0.300. The van der Waals surface area contributed by atoms with Crippen LogP contribution in [0.3, 0.4) is 0 Å². The molecule has 0 aromatic heterocycles. The van der Waals surface area contributed by atoms with Crippen molar-refractivity contribution in [3.8, 4) is 0 Å². The highest BCUT2D eigenvalue weighted by atomic mass is 32.2. The Labute approximate surface area is 100 Å². The zero-order valence-corrected chi connectivity index (χ0v) is 10.2. The number of sulfonamides is 1. The highest BCUT2D eigenvalue weighted by Crippen LogP contribution is 2.13. The van der Waals surface area contributed by atoms with Crippen LogP contribution in [0.2, 0.25) is 0 Å². The van der Waals surface area contributed by atoms with Gasteiger partial charge in [0.25, 0.3) is 0 Å². The van der Waals surface area contributed by atoms with Crippen molar-refractivity contribution in [3.05, 3.63) is 29.8 Å². The van der Waals surface area contributed by atoms with Gasteiger partial charge in [0.1, 0.15) is 0 Å². The molecule has 6 nitrogen and oxygen atoms in total. The molecule has 0 bridgehead atoms. The molecule has 17 heavy (non-hydrogen) atoms. The first kappa shape index (κ1) is 13.5. The predicted octanol–water partition coefficient (Wildman–Crippen LogP) is -0.126. The number of nitrogens with two attached hydrogens (primary N) is 2. The maximum Gasteiger partial charge on any atom is 0.248 e. The fourth-order valence-electron chi connectivity index (χ4n) is 1.13. The van der Waals surface area contributed by atoms with E-state index in [0.717, 1.165) is 0 Å². The molecule has 94 valence electrons. The lowest BCUT2D eigenvalue weighted by molar-refractivity contribution is 0.100. The minimum absolute atomic E-state index is 0.0187. The third-order valence-corrected chi connectivity index (χ3v) is 4.04. The van der Waals surface area contributed by atoms with Crippen molar-refractivity contribution in [2.75, 3.05) is 11.3 Å². The molecule has 1 aromatic carbocycles. The average molecular weight is 257 g/mol. The Morgan fingerprint density at radius 2 is 2.12 bits per heavy atom. The molecule has 0 aliphatic carbocycles. The number of anilines is 1. The molecule has 0 saturated heterocycles. The third kappa shape index (κ3) is 3.43. The first-order chi connectivity index (χ1) is 7.86. The second-order valence-corrected chi connectivity index (χ2v) is 5.74. The van der Waals surface area contributed by atoms with Crippen LogP contribution in [-0.2, 0) is 10.0 Å². The molecule has 0 spiro atoms. The van der Waals surface area contributed by atoms with Crippen LogP contribution < -0.4 is 16.2 Å². The number of carbonyl (C=O) groups excluding carboxylic acids is 1. The van der Waals surface area contributed by atoms with Crippen molar-refractivity contribution in [2.24, 2.45) is 11.5 Å². The zero-order chi connectivity index (χ0) is 13.1. The fourth-order valence-corrected chi connectivity index (χ4v) is 2.04. The van der Waals surface area contributed by atoms with Gasteiger partial charge >= 0.3 is 0 Å². The lowest BCUT2D eigenvalue weighted by Crippen LogP contribution is -2.31. The van der Waals surface area contributed by atoms with E-state index in [2.05, 4.69) is 4.72 Å². The van der Waals surface area contributed by atoms with Crippen molar-refractivity contribution in [3.63, 3.8) is 0 Å². The van der Waals surface area contributed by atoms with Crippen molar-refractivity contribution >= 4 is 21.6 Å². The van der Waals surface area contributed by atoms with Gasteiger partial charge in [-0.3, -0.25) is 9.52 Å². The number of hydrogen-bond acceptors (Lipinski definition) is 4. The molecule has 7 heteroatoms. The Morgan fingerprint density at radius 1 is 1.47 bits per heavy atom. The lowest BCUT2D eigenvalue weighted by Gasteiger charge is -2.13. The number of hydrogen-bond donors (Lipinski definition) is 3. The molecule has 0 aliphatic rings. The number of nitrogens with one attached hydrogen (secondary N) is 1. The Hall–Kier alpha value is -1.60. The van der Waals surface area contributed by atoms with E-state index in [0.29, 0.717) is 5.69 Å². The standard InChI is InChI=1S/C10H15N3O3S/c1-7(6-11)17(15,16)13-9-4-2-3-8(5-9)10(12)14/h2-5,7,13H,6,11H2,1H3,(H2,12,14). The number of rotatable bonds is 5. The Bertz CT molecular complexity index is 513.